The minimum absolute atomic E-state index is 0.273. The summed E-state index contributed by atoms with van der Waals surface area (Å²) in [6.07, 6.45) is 4.47. The predicted octanol–water partition coefficient (Wildman–Crippen LogP) is 5.84. The Morgan fingerprint density at radius 1 is 0.458 bits per heavy atom. The molecule has 0 N–H and O–H groups in total. The normalized spacial score (nSPS) is 24.2. The molecule has 0 spiro atoms. The Morgan fingerprint density at radius 2 is 0.708 bits per heavy atom. The number of hydrogen-bond acceptors (Lipinski definition) is 4. The maximum atomic E-state index is 5.79. The van der Waals surface area contributed by atoms with Gasteiger partial charge in [0.1, 0.15) is 11.2 Å². The molecular weight excluding hydrogens is 304 g/mol. The van der Waals surface area contributed by atoms with E-state index in [2.05, 4.69) is 27.7 Å². The maximum absolute atomic E-state index is 5.79. The van der Waals surface area contributed by atoms with Crippen molar-refractivity contribution in [1.82, 2.24) is 0 Å². The standard InChI is InChI=1S/C20H40O4/c1-17(2,3)21-23-19(7,8)15-11-13-16(14-12-15)20(9,10)24-22-18(4,5)6/h15-16H,11-14H2,1-10H3. The second-order valence-electron chi connectivity index (χ2n) is 10.3. The molecule has 0 heterocycles. The van der Waals surface area contributed by atoms with E-state index < -0.39 is 0 Å². The van der Waals surface area contributed by atoms with E-state index in [9.17, 15) is 0 Å². The topological polar surface area (TPSA) is 36.9 Å². The van der Waals surface area contributed by atoms with Crippen molar-refractivity contribution < 1.29 is 19.6 Å². The van der Waals surface area contributed by atoms with Gasteiger partial charge in [-0.15, -0.1) is 0 Å². The van der Waals surface area contributed by atoms with Crippen LogP contribution in [0, 0.1) is 11.8 Å². The molecule has 24 heavy (non-hydrogen) atoms. The summed E-state index contributed by atoms with van der Waals surface area (Å²) >= 11 is 0. The fourth-order valence-electron chi connectivity index (χ4n) is 3.08. The van der Waals surface area contributed by atoms with Crippen molar-refractivity contribution in [2.24, 2.45) is 11.8 Å². The Morgan fingerprint density at radius 3 is 0.917 bits per heavy atom. The van der Waals surface area contributed by atoms with Crippen molar-refractivity contribution >= 4 is 0 Å². The molecule has 0 bridgehead atoms. The second kappa shape index (κ2) is 7.61. The Bertz CT molecular complexity index is 341. The zero-order chi connectivity index (χ0) is 18.8. The fraction of sp³-hybridized carbons (Fsp3) is 1.00. The van der Waals surface area contributed by atoms with Crippen molar-refractivity contribution in [3.05, 3.63) is 0 Å². The van der Waals surface area contributed by atoms with Gasteiger partial charge in [0.25, 0.3) is 0 Å². The van der Waals surface area contributed by atoms with Crippen molar-refractivity contribution in [3.63, 3.8) is 0 Å². The van der Waals surface area contributed by atoms with Crippen LogP contribution < -0.4 is 0 Å². The molecule has 144 valence electrons. The van der Waals surface area contributed by atoms with E-state index in [0.717, 1.165) is 25.7 Å². The second-order valence-corrected chi connectivity index (χ2v) is 10.3. The summed E-state index contributed by atoms with van der Waals surface area (Å²) < 4.78 is 0. The lowest BCUT2D eigenvalue weighted by Crippen LogP contribution is -2.43. The Kier molecular flexibility index (Phi) is 6.94. The lowest BCUT2D eigenvalue weighted by molar-refractivity contribution is -0.413. The third kappa shape index (κ3) is 7.38. The lowest BCUT2D eigenvalue weighted by atomic mass is 9.70. The van der Waals surface area contributed by atoms with Crippen LogP contribution in [0.1, 0.15) is 94.9 Å². The molecule has 4 nitrogen and oxygen atoms in total. The average Bonchev–Trinajstić information content (AvgIpc) is 2.42. The minimum Gasteiger partial charge on any atom is -0.230 e. The average molecular weight is 345 g/mol. The molecule has 0 unspecified atom stereocenters. The summed E-state index contributed by atoms with van der Waals surface area (Å²) in [7, 11) is 0. The van der Waals surface area contributed by atoms with Gasteiger partial charge in [-0.05, 0) is 107 Å². The summed E-state index contributed by atoms with van der Waals surface area (Å²) in [4.78, 5) is 22.7. The first-order chi connectivity index (χ1) is 10.6. The Hall–Kier alpha value is -0.160. The van der Waals surface area contributed by atoms with E-state index in [0.29, 0.717) is 11.8 Å². The van der Waals surface area contributed by atoms with Crippen LogP contribution >= 0.6 is 0 Å². The molecule has 1 fully saturated rings. The highest BCUT2D eigenvalue weighted by molar-refractivity contribution is 4.89. The van der Waals surface area contributed by atoms with Gasteiger partial charge in [0.2, 0.25) is 0 Å². The van der Waals surface area contributed by atoms with Gasteiger partial charge in [0, 0.05) is 0 Å². The smallest absolute Gasteiger partial charge is 0.101 e. The molecule has 0 aliphatic heterocycles. The van der Waals surface area contributed by atoms with Gasteiger partial charge in [-0.3, -0.25) is 0 Å². The van der Waals surface area contributed by atoms with Gasteiger partial charge in [0.05, 0.1) is 11.2 Å². The zero-order valence-corrected chi connectivity index (χ0v) is 17.6. The molecule has 1 rings (SSSR count). The summed E-state index contributed by atoms with van der Waals surface area (Å²) in [5, 5.41) is 0. The van der Waals surface area contributed by atoms with E-state index >= 15 is 0 Å². The SMILES string of the molecule is CC(C)(C)OOC(C)(C)C1CCC(C(C)(C)OOC(C)(C)C)CC1. The molecule has 0 atom stereocenters. The molecule has 0 amide bonds. The molecule has 0 aromatic heterocycles. The highest BCUT2D eigenvalue weighted by Gasteiger charge is 2.41. The van der Waals surface area contributed by atoms with Crippen LogP contribution in [0.4, 0.5) is 0 Å². The Balaban J connectivity index is 2.53. The van der Waals surface area contributed by atoms with E-state index in [1.54, 1.807) is 0 Å². The van der Waals surface area contributed by atoms with Crippen molar-refractivity contribution in [1.29, 1.82) is 0 Å². The van der Waals surface area contributed by atoms with Gasteiger partial charge >= 0.3 is 0 Å². The van der Waals surface area contributed by atoms with Crippen LogP contribution in [0.3, 0.4) is 0 Å². The zero-order valence-electron chi connectivity index (χ0n) is 17.6. The molecule has 1 saturated carbocycles. The molecule has 0 saturated heterocycles. The third-order valence-electron chi connectivity index (χ3n) is 4.71. The van der Waals surface area contributed by atoms with Crippen LogP contribution in [0.2, 0.25) is 0 Å². The summed E-state index contributed by atoms with van der Waals surface area (Å²) in [6, 6.07) is 0. The summed E-state index contributed by atoms with van der Waals surface area (Å²) in [6.45, 7) is 20.6. The Labute approximate surface area is 149 Å². The first kappa shape index (κ1) is 21.9. The van der Waals surface area contributed by atoms with E-state index in [4.69, 9.17) is 19.6 Å². The highest BCUT2D eigenvalue weighted by atomic mass is 17.2. The molecule has 4 heteroatoms. The van der Waals surface area contributed by atoms with Gasteiger partial charge in [-0.25, -0.2) is 19.6 Å². The molecule has 0 radical (unpaired) electrons. The van der Waals surface area contributed by atoms with Crippen LogP contribution in [0.25, 0.3) is 0 Å². The third-order valence-corrected chi connectivity index (χ3v) is 4.71. The first-order valence-corrected chi connectivity index (χ1v) is 9.36. The van der Waals surface area contributed by atoms with Crippen molar-refractivity contribution in [2.45, 2.75) is 117 Å². The van der Waals surface area contributed by atoms with Gasteiger partial charge in [-0.1, -0.05) is 0 Å². The van der Waals surface area contributed by atoms with Crippen molar-refractivity contribution in [3.8, 4) is 0 Å². The van der Waals surface area contributed by atoms with Gasteiger partial charge in [0.15, 0.2) is 0 Å². The molecule has 0 aromatic carbocycles. The highest BCUT2D eigenvalue weighted by Crippen LogP contribution is 2.42. The molecular formula is C20H40O4. The van der Waals surface area contributed by atoms with Gasteiger partial charge in [-0.2, -0.15) is 0 Å². The molecule has 0 aromatic rings. The van der Waals surface area contributed by atoms with E-state index in [1.807, 2.05) is 41.5 Å². The molecule has 1 aliphatic rings. The van der Waals surface area contributed by atoms with Crippen LogP contribution in [-0.2, 0) is 19.6 Å². The summed E-state index contributed by atoms with van der Waals surface area (Å²) in [5.74, 6) is 0.992. The predicted molar refractivity (Wildman–Crippen MR) is 97.5 cm³/mol. The largest absolute Gasteiger partial charge is 0.230 e. The minimum atomic E-state index is -0.283. The molecule has 1 aliphatic carbocycles. The first-order valence-electron chi connectivity index (χ1n) is 9.36. The van der Waals surface area contributed by atoms with Gasteiger partial charge < -0.3 is 0 Å². The van der Waals surface area contributed by atoms with Crippen LogP contribution in [0.15, 0.2) is 0 Å². The van der Waals surface area contributed by atoms with E-state index in [-0.39, 0.29) is 22.4 Å². The fourth-order valence-corrected chi connectivity index (χ4v) is 3.08. The summed E-state index contributed by atoms with van der Waals surface area (Å²) in [5.41, 5.74) is -1.11. The van der Waals surface area contributed by atoms with E-state index in [1.165, 1.54) is 0 Å². The lowest BCUT2D eigenvalue weighted by Gasteiger charge is -2.43. The quantitative estimate of drug-likeness (QED) is 0.448. The number of rotatable bonds is 6. The van der Waals surface area contributed by atoms with Crippen LogP contribution in [0.5, 0.6) is 0 Å². The van der Waals surface area contributed by atoms with Crippen molar-refractivity contribution in [2.75, 3.05) is 0 Å². The number of hydrogen-bond donors (Lipinski definition) is 0. The monoisotopic (exact) mass is 344 g/mol. The van der Waals surface area contributed by atoms with Crippen LogP contribution in [-0.4, -0.2) is 22.4 Å². The maximum Gasteiger partial charge on any atom is 0.101 e.